The monoisotopic (exact) mass is 358 g/mol. The molecule has 0 saturated heterocycles. The van der Waals surface area contributed by atoms with Crippen molar-refractivity contribution in [2.24, 2.45) is 0 Å². The highest BCUT2D eigenvalue weighted by Crippen LogP contribution is 2.28. The van der Waals surface area contributed by atoms with Gasteiger partial charge in [0.05, 0.1) is 5.69 Å². The van der Waals surface area contributed by atoms with Gasteiger partial charge >= 0.3 is 0 Å². The molecule has 0 aliphatic rings. The number of halogens is 2. The topological polar surface area (TPSA) is 63.8 Å². The molecular weight excluding hydrogens is 343 g/mol. The van der Waals surface area contributed by atoms with Gasteiger partial charge in [-0.15, -0.1) is 0 Å². The third-order valence-corrected chi connectivity index (χ3v) is 4.43. The van der Waals surface area contributed by atoms with Crippen molar-refractivity contribution in [3.8, 4) is 0 Å². The smallest absolute Gasteiger partial charge is 0.229 e. The standard InChI is InChI=1S/C18H16Cl2N4/c1-11-16(10-13-14(19)8-5-9-15(13)20)23-18(24-17(11)21)22-12-6-3-2-4-7-12/h2-9H,10H2,1H3,(H3,21,22,23,24). The van der Waals surface area contributed by atoms with E-state index in [9.17, 15) is 0 Å². The number of nitrogens with two attached hydrogens (primary N) is 1. The molecule has 0 aliphatic carbocycles. The maximum absolute atomic E-state index is 6.27. The number of benzene rings is 2. The summed E-state index contributed by atoms with van der Waals surface area (Å²) in [6.07, 6.45) is 0.487. The van der Waals surface area contributed by atoms with Crippen molar-refractivity contribution in [1.29, 1.82) is 0 Å². The van der Waals surface area contributed by atoms with E-state index in [4.69, 9.17) is 28.9 Å². The van der Waals surface area contributed by atoms with Crippen molar-refractivity contribution < 1.29 is 0 Å². The number of hydrogen-bond acceptors (Lipinski definition) is 4. The van der Waals surface area contributed by atoms with E-state index in [2.05, 4.69) is 15.3 Å². The average molecular weight is 359 g/mol. The highest BCUT2D eigenvalue weighted by molar-refractivity contribution is 6.36. The minimum atomic E-state index is 0.432. The fourth-order valence-corrected chi connectivity index (χ4v) is 2.86. The number of nitrogens with one attached hydrogen (secondary N) is 1. The number of para-hydroxylation sites is 1. The zero-order valence-electron chi connectivity index (χ0n) is 13.1. The number of anilines is 3. The first-order valence-corrected chi connectivity index (χ1v) is 8.18. The van der Waals surface area contributed by atoms with Crippen molar-refractivity contribution in [1.82, 2.24) is 9.97 Å². The molecule has 3 rings (SSSR count). The Balaban J connectivity index is 1.96. The minimum Gasteiger partial charge on any atom is -0.383 e. The van der Waals surface area contributed by atoms with Crippen LogP contribution in [0.25, 0.3) is 0 Å². The SMILES string of the molecule is Cc1c(N)nc(Nc2ccccc2)nc1Cc1c(Cl)cccc1Cl. The molecular formula is C18H16Cl2N4. The molecule has 0 unspecified atom stereocenters. The van der Waals surface area contributed by atoms with Gasteiger partial charge in [0.25, 0.3) is 0 Å². The van der Waals surface area contributed by atoms with Gasteiger partial charge in [0, 0.05) is 27.7 Å². The fourth-order valence-electron chi connectivity index (χ4n) is 2.33. The van der Waals surface area contributed by atoms with Crippen LogP contribution in [-0.4, -0.2) is 9.97 Å². The lowest BCUT2D eigenvalue weighted by molar-refractivity contribution is 1.01. The van der Waals surface area contributed by atoms with Crippen molar-refractivity contribution >= 4 is 40.7 Å². The summed E-state index contributed by atoms with van der Waals surface area (Å²) < 4.78 is 0. The zero-order valence-corrected chi connectivity index (χ0v) is 14.6. The first kappa shape index (κ1) is 16.6. The second-order valence-corrected chi connectivity index (χ2v) is 6.19. The molecule has 0 spiro atoms. The number of hydrogen-bond donors (Lipinski definition) is 2. The Morgan fingerprint density at radius 2 is 1.62 bits per heavy atom. The number of aromatic nitrogens is 2. The average Bonchev–Trinajstić information content (AvgIpc) is 2.56. The third kappa shape index (κ3) is 3.61. The molecule has 0 bridgehead atoms. The number of nitrogen functional groups attached to an aromatic ring is 1. The van der Waals surface area contributed by atoms with Gasteiger partial charge in [-0.1, -0.05) is 47.5 Å². The van der Waals surface area contributed by atoms with E-state index in [0.717, 1.165) is 22.5 Å². The van der Waals surface area contributed by atoms with Crippen LogP contribution in [0.3, 0.4) is 0 Å². The Morgan fingerprint density at radius 3 is 2.29 bits per heavy atom. The minimum absolute atomic E-state index is 0.432. The molecule has 0 amide bonds. The lowest BCUT2D eigenvalue weighted by Gasteiger charge is -2.13. The van der Waals surface area contributed by atoms with Gasteiger partial charge < -0.3 is 11.1 Å². The first-order valence-electron chi connectivity index (χ1n) is 7.42. The van der Waals surface area contributed by atoms with Crippen LogP contribution in [0.5, 0.6) is 0 Å². The van der Waals surface area contributed by atoms with Crippen LogP contribution in [0.1, 0.15) is 16.8 Å². The Kier molecular flexibility index (Phi) is 4.88. The van der Waals surface area contributed by atoms with E-state index in [0.29, 0.717) is 28.2 Å². The molecule has 122 valence electrons. The third-order valence-electron chi connectivity index (χ3n) is 3.72. The highest BCUT2D eigenvalue weighted by atomic mass is 35.5. The summed E-state index contributed by atoms with van der Waals surface area (Å²) in [5.74, 6) is 0.879. The molecule has 0 radical (unpaired) electrons. The largest absolute Gasteiger partial charge is 0.383 e. The molecule has 0 saturated carbocycles. The normalized spacial score (nSPS) is 10.6. The second kappa shape index (κ2) is 7.07. The summed E-state index contributed by atoms with van der Waals surface area (Å²) in [5, 5.41) is 4.38. The van der Waals surface area contributed by atoms with Crippen LogP contribution in [0.2, 0.25) is 10.0 Å². The lowest BCUT2D eigenvalue weighted by Crippen LogP contribution is -2.08. The molecule has 3 N–H and O–H groups in total. The molecule has 4 nitrogen and oxygen atoms in total. The van der Waals surface area contributed by atoms with Crippen LogP contribution in [-0.2, 0) is 6.42 Å². The van der Waals surface area contributed by atoms with Crippen LogP contribution in [0.4, 0.5) is 17.5 Å². The molecule has 0 atom stereocenters. The maximum Gasteiger partial charge on any atom is 0.229 e. The van der Waals surface area contributed by atoms with Gasteiger partial charge in [-0.2, -0.15) is 4.98 Å². The summed E-state index contributed by atoms with van der Waals surface area (Å²) >= 11 is 12.5. The van der Waals surface area contributed by atoms with Crippen molar-refractivity contribution in [2.45, 2.75) is 13.3 Å². The molecule has 0 aliphatic heterocycles. The molecule has 6 heteroatoms. The zero-order chi connectivity index (χ0) is 17.1. The summed E-state index contributed by atoms with van der Waals surface area (Å²) in [5.41, 5.74) is 9.38. The van der Waals surface area contributed by atoms with E-state index >= 15 is 0 Å². The Hall–Kier alpha value is -2.30. The Labute approximate surface area is 150 Å². The van der Waals surface area contributed by atoms with Crippen molar-refractivity contribution in [3.05, 3.63) is 75.4 Å². The van der Waals surface area contributed by atoms with Crippen LogP contribution in [0, 0.1) is 6.92 Å². The molecule has 24 heavy (non-hydrogen) atoms. The molecule has 0 fully saturated rings. The van der Waals surface area contributed by atoms with Gasteiger partial charge in [-0.3, -0.25) is 0 Å². The second-order valence-electron chi connectivity index (χ2n) is 5.37. The predicted molar refractivity (Wildman–Crippen MR) is 100 cm³/mol. The van der Waals surface area contributed by atoms with Crippen molar-refractivity contribution in [3.63, 3.8) is 0 Å². The van der Waals surface area contributed by atoms with Crippen LogP contribution in [0.15, 0.2) is 48.5 Å². The summed E-state index contributed by atoms with van der Waals surface area (Å²) in [7, 11) is 0. The van der Waals surface area contributed by atoms with Crippen molar-refractivity contribution in [2.75, 3.05) is 11.1 Å². The summed E-state index contributed by atoms with van der Waals surface area (Å²) in [4.78, 5) is 8.89. The molecule has 3 aromatic rings. The predicted octanol–water partition coefficient (Wildman–Crippen LogP) is 5.01. The Morgan fingerprint density at radius 1 is 0.958 bits per heavy atom. The molecule has 1 aromatic heterocycles. The number of nitrogens with zero attached hydrogens (tertiary/aromatic N) is 2. The van der Waals surface area contributed by atoms with E-state index in [1.54, 1.807) is 0 Å². The van der Waals surface area contributed by atoms with E-state index in [1.807, 2.05) is 55.5 Å². The van der Waals surface area contributed by atoms with Crippen LogP contribution < -0.4 is 11.1 Å². The quantitative estimate of drug-likeness (QED) is 0.687. The summed E-state index contributed by atoms with van der Waals surface area (Å²) in [6.45, 7) is 1.89. The molecule has 1 heterocycles. The Bertz CT molecular complexity index is 846. The van der Waals surface area contributed by atoms with E-state index in [1.165, 1.54) is 0 Å². The first-order chi connectivity index (χ1) is 11.5. The van der Waals surface area contributed by atoms with E-state index < -0.39 is 0 Å². The maximum atomic E-state index is 6.27. The van der Waals surface area contributed by atoms with Gasteiger partial charge in [-0.05, 0) is 36.8 Å². The highest BCUT2D eigenvalue weighted by Gasteiger charge is 2.13. The van der Waals surface area contributed by atoms with Gasteiger partial charge in [0.2, 0.25) is 5.95 Å². The van der Waals surface area contributed by atoms with Gasteiger partial charge in [0.1, 0.15) is 5.82 Å². The lowest BCUT2D eigenvalue weighted by atomic mass is 10.1. The van der Waals surface area contributed by atoms with Crippen LogP contribution >= 0.6 is 23.2 Å². The summed E-state index contributed by atoms with van der Waals surface area (Å²) in [6, 6.07) is 15.1. The molecule has 2 aromatic carbocycles. The van der Waals surface area contributed by atoms with E-state index in [-0.39, 0.29) is 0 Å². The van der Waals surface area contributed by atoms with Gasteiger partial charge in [0.15, 0.2) is 0 Å². The fraction of sp³-hybridized carbons (Fsp3) is 0.111. The number of rotatable bonds is 4. The van der Waals surface area contributed by atoms with Gasteiger partial charge in [-0.25, -0.2) is 4.98 Å².